The Morgan fingerprint density at radius 3 is 2.43 bits per heavy atom. The van der Waals surface area contributed by atoms with Gasteiger partial charge in [0, 0.05) is 17.1 Å². The molecule has 1 amide bonds. The Balaban J connectivity index is 1.80. The molecule has 1 heterocycles. The Hall–Kier alpha value is -4.11. The average Bonchev–Trinajstić information content (AvgIpc) is 2.84. The van der Waals surface area contributed by atoms with Gasteiger partial charge in [-0.05, 0) is 48.4 Å². The van der Waals surface area contributed by atoms with Crippen LogP contribution in [0.4, 0.5) is 8.78 Å². The number of benzene rings is 3. The van der Waals surface area contributed by atoms with Gasteiger partial charge >= 0.3 is 5.69 Å². The van der Waals surface area contributed by atoms with Crippen LogP contribution in [0.25, 0.3) is 5.69 Å². The van der Waals surface area contributed by atoms with E-state index >= 15 is 0 Å². The molecule has 1 aromatic heterocycles. The van der Waals surface area contributed by atoms with E-state index in [4.69, 9.17) is 11.6 Å². The Kier molecular flexibility index (Phi) is 6.88. The van der Waals surface area contributed by atoms with Crippen molar-refractivity contribution in [2.45, 2.75) is 20.0 Å². The van der Waals surface area contributed by atoms with Crippen LogP contribution in [0.1, 0.15) is 27.2 Å². The summed E-state index contributed by atoms with van der Waals surface area (Å²) in [6.45, 7) is 1.35. The molecule has 0 bridgehead atoms. The van der Waals surface area contributed by atoms with Crippen molar-refractivity contribution in [2.75, 3.05) is 0 Å². The lowest BCUT2D eigenvalue weighted by Gasteiger charge is -2.13. The van der Waals surface area contributed by atoms with Crippen LogP contribution in [0, 0.1) is 18.6 Å². The fourth-order valence-electron chi connectivity index (χ4n) is 3.34. The zero-order valence-electron chi connectivity index (χ0n) is 18.5. The predicted molar refractivity (Wildman–Crippen MR) is 127 cm³/mol. The van der Waals surface area contributed by atoms with Gasteiger partial charge in [0.2, 0.25) is 5.69 Å². The number of aromatic nitrogens is 3. The van der Waals surface area contributed by atoms with E-state index in [0.717, 1.165) is 14.8 Å². The number of hydrogen-bond acceptors (Lipinski definition) is 4. The zero-order chi connectivity index (χ0) is 25.1. The van der Waals surface area contributed by atoms with Crippen LogP contribution >= 0.6 is 11.6 Å². The Morgan fingerprint density at radius 2 is 1.74 bits per heavy atom. The molecule has 0 atom stereocenters. The summed E-state index contributed by atoms with van der Waals surface area (Å²) in [7, 11) is 0. The first-order valence-electron chi connectivity index (χ1n) is 10.5. The molecule has 0 unspecified atom stereocenters. The summed E-state index contributed by atoms with van der Waals surface area (Å²) in [5.74, 6) is -1.89. The molecule has 0 radical (unpaired) electrons. The lowest BCUT2D eigenvalue weighted by Crippen LogP contribution is -2.46. The van der Waals surface area contributed by atoms with Crippen LogP contribution in [0.5, 0.6) is 0 Å². The van der Waals surface area contributed by atoms with Crippen LogP contribution in [0.3, 0.4) is 0 Å². The van der Waals surface area contributed by atoms with Gasteiger partial charge in [0.05, 0.1) is 12.2 Å². The fourth-order valence-corrected chi connectivity index (χ4v) is 3.52. The maximum atomic E-state index is 14.3. The van der Waals surface area contributed by atoms with E-state index in [2.05, 4.69) is 10.4 Å². The minimum absolute atomic E-state index is 0.0109. The number of rotatable bonds is 6. The topological polar surface area (TPSA) is 86.0 Å². The molecular formula is C25H19ClF2N4O3. The zero-order valence-corrected chi connectivity index (χ0v) is 19.2. The molecule has 0 saturated carbocycles. The van der Waals surface area contributed by atoms with Crippen molar-refractivity contribution in [3.05, 3.63) is 127 Å². The van der Waals surface area contributed by atoms with Crippen LogP contribution in [0.15, 0.2) is 76.3 Å². The summed E-state index contributed by atoms with van der Waals surface area (Å²) < 4.78 is 29.1. The molecule has 0 spiro atoms. The maximum Gasteiger partial charge on any atom is 0.352 e. The smallest absolute Gasteiger partial charge is 0.346 e. The summed E-state index contributed by atoms with van der Waals surface area (Å²) in [6, 6.07) is 15.8. The highest BCUT2D eigenvalue weighted by Crippen LogP contribution is 2.18. The number of nitrogens with one attached hydrogen (secondary N) is 1. The van der Waals surface area contributed by atoms with Crippen molar-refractivity contribution in [3.8, 4) is 5.69 Å². The second-order valence-corrected chi connectivity index (χ2v) is 8.18. The quantitative estimate of drug-likeness (QED) is 0.442. The number of nitrogens with zero attached hydrogens (tertiary/aromatic N) is 3. The molecule has 0 fully saturated rings. The first kappa shape index (κ1) is 24.0. The summed E-state index contributed by atoms with van der Waals surface area (Å²) in [4.78, 5) is 39.3. The Labute approximate surface area is 203 Å². The van der Waals surface area contributed by atoms with Gasteiger partial charge in [-0.1, -0.05) is 48.0 Å². The van der Waals surface area contributed by atoms with Crippen molar-refractivity contribution in [2.24, 2.45) is 0 Å². The van der Waals surface area contributed by atoms with Crippen molar-refractivity contribution >= 4 is 17.5 Å². The van der Waals surface area contributed by atoms with Gasteiger partial charge in [-0.15, -0.1) is 0 Å². The van der Waals surface area contributed by atoms with E-state index in [1.807, 2.05) is 0 Å². The second kappa shape index (κ2) is 10.0. The largest absolute Gasteiger partial charge is 0.352 e. The van der Waals surface area contributed by atoms with Crippen LogP contribution in [0.2, 0.25) is 5.02 Å². The summed E-state index contributed by atoms with van der Waals surface area (Å²) in [5.41, 5.74) is -0.771. The molecule has 10 heteroatoms. The molecule has 178 valence electrons. The normalized spacial score (nSPS) is 10.9. The van der Waals surface area contributed by atoms with Gasteiger partial charge in [-0.25, -0.2) is 13.6 Å². The monoisotopic (exact) mass is 496 g/mol. The van der Waals surface area contributed by atoms with Gasteiger partial charge in [-0.2, -0.15) is 9.78 Å². The molecule has 0 saturated heterocycles. The minimum Gasteiger partial charge on any atom is -0.346 e. The van der Waals surface area contributed by atoms with E-state index in [-0.39, 0.29) is 17.8 Å². The highest BCUT2D eigenvalue weighted by molar-refractivity contribution is 6.31. The molecule has 7 nitrogen and oxygen atoms in total. The number of carbonyl (C=O) groups is 1. The molecule has 0 aliphatic heterocycles. The number of halogens is 3. The van der Waals surface area contributed by atoms with Crippen LogP contribution < -0.4 is 16.6 Å². The van der Waals surface area contributed by atoms with E-state index < -0.39 is 41.0 Å². The van der Waals surface area contributed by atoms with Gasteiger partial charge < -0.3 is 5.32 Å². The summed E-state index contributed by atoms with van der Waals surface area (Å²) in [5, 5.41) is 6.91. The second-order valence-electron chi connectivity index (χ2n) is 7.77. The van der Waals surface area contributed by atoms with Crippen molar-refractivity contribution in [3.63, 3.8) is 0 Å². The summed E-state index contributed by atoms with van der Waals surface area (Å²) >= 11 is 6.20. The van der Waals surface area contributed by atoms with E-state index in [0.29, 0.717) is 10.6 Å². The highest BCUT2D eigenvalue weighted by Gasteiger charge is 2.21. The molecule has 3 aromatic carbocycles. The van der Waals surface area contributed by atoms with Crippen molar-refractivity contribution in [1.82, 2.24) is 19.7 Å². The number of carbonyl (C=O) groups excluding carboxylic acids is 1. The molecule has 0 aliphatic rings. The number of hydrogen-bond donors (Lipinski definition) is 1. The predicted octanol–water partition coefficient (Wildman–Crippen LogP) is 3.61. The number of amides is 1. The molecule has 0 aliphatic carbocycles. The van der Waals surface area contributed by atoms with Gasteiger partial charge in [0.15, 0.2) is 0 Å². The molecule has 4 rings (SSSR count). The summed E-state index contributed by atoms with van der Waals surface area (Å²) in [6.07, 6.45) is 0. The molecule has 1 N–H and O–H groups in total. The first-order chi connectivity index (χ1) is 16.7. The SMILES string of the molecule is Cc1ccc(-n2nc(C(=O)NCc3ccc(F)cc3)c(=O)n(Cc3ccccc3F)c2=O)cc1Cl. The fraction of sp³-hybridized carbons (Fsp3) is 0.120. The third-order valence-corrected chi connectivity index (χ3v) is 5.73. The Morgan fingerprint density at radius 1 is 1.03 bits per heavy atom. The average molecular weight is 497 g/mol. The van der Waals surface area contributed by atoms with Crippen LogP contribution in [-0.4, -0.2) is 20.3 Å². The van der Waals surface area contributed by atoms with Crippen LogP contribution in [-0.2, 0) is 13.1 Å². The third kappa shape index (κ3) is 5.20. The van der Waals surface area contributed by atoms with E-state index in [1.165, 1.54) is 48.5 Å². The lowest BCUT2D eigenvalue weighted by atomic mass is 10.2. The van der Waals surface area contributed by atoms with E-state index in [1.54, 1.807) is 25.1 Å². The van der Waals surface area contributed by atoms with Crippen molar-refractivity contribution < 1.29 is 13.6 Å². The highest BCUT2D eigenvalue weighted by atomic mass is 35.5. The van der Waals surface area contributed by atoms with Gasteiger partial charge in [-0.3, -0.25) is 14.2 Å². The number of aryl methyl sites for hydroxylation is 1. The van der Waals surface area contributed by atoms with E-state index in [9.17, 15) is 23.2 Å². The standard InChI is InChI=1S/C25H19ClF2N4O3/c1-15-6-11-19(12-20(15)26)32-25(35)31(14-17-4-2-3-5-21(17)28)24(34)22(30-32)23(33)29-13-16-7-9-18(27)10-8-16/h2-12H,13-14H2,1H3,(H,29,33). The first-order valence-corrected chi connectivity index (χ1v) is 10.9. The third-order valence-electron chi connectivity index (χ3n) is 5.33. The Bertz CT molecular complexity index is 1530. The lowest BCUT2D eigenvalue weighted by molar-refractivity contribution is 0.0941. The molecular weight excluding hydrogens is 478 g/mol. The van der Waals surface area contributed by atoms with Gasteiger partial charge in [0.1, 0.15) is 11.6 Å². The molecule has 35 heavy (non-hydrogen) atoms. The molecule has 4 aromatic rings. The maximum absolute atomic E-state index is 14.3. The minimum atomic E-state index is -0.982. The van der Waals surface area contributed by atoms with Crippen molar-refractivity contribution in [1.29, 1.82) is 0 Å². The van der Waals surface area contributed by atoms with Gasteiger partial charge in [0.25, 0.3) is 11.5 Å².